The number of cyclic esters (lactones) is 1. The van der Waals surface area contributed by atoms with E-state index in [0.29, 0.717) is 23.6 Å². The molecular formula is C18H25N3O4. The van der Waals surface area contributed by atoms with Crippen LogP contribution in [-0.4, -0.2) is 27.7 Å². The fraction of sp³-hybridized carbons (Fsp3) is 0.667. The molecule has 3 aliphatic rings. The predicted molar refractivity (Wildman–Crippen MR) is 90.7 cm³/mol. The highest BCUT2D eigenvalue weighted by atomic mass is 16.6. The van der Waals surface area contributed by atoms with E-state index in [9.17, 15) is 14.7 Å². The van der Waals surface area contributed by atoms with Gasteiger partial charge in [0.25, 0.3) is 5.56 Å². The van der Waals surface area contributed by atoms with Gasteiger partial charge in [-0.2, -0.15) is 0 Å². The summed E-state index contributed by atoms with van der Waals surface area (Å²) in [5.74, 6) is -0.260. The zero-order valence-corrected chi connectivity index (χ0v) is 14.8. The Kier molecular flexibility index (Phi) is 3.62. The van der Waals surface area contributed by atoms with Crippen molar-refractivity contribution in [3.63, 3.8) is 0 Å². The molecule has 0 bridgehead atoms. The first-order chi connectivity index (χ1) is 11.8. The number of rotatable bonds is 1. The number of esters is 1. The zero-order chi connectivity index (χ0) is 18.1. The Morgan fingerprint density at radius 1 is 1.44 bits per heavy atom. The number of nitrogens with zero attached hydrogens (tertiary/aromatic N) is 1. The van der Waals surface area contributed by atoms with E-state index in [0.717, 1.165) is 5.69 Å². The lowest BCUT2D eigenvalue weighted by atomic mass is 9.77. The summed E-state index contributed by atoms with van der Waals surface area (Å²) >= 11 is 0. The van der Waals surface area contributed by atoms with Crippen molar-refractivity contribution in [2.75, 3.05) is 0 Å². The molecule has 136 valence electrons. The zero-order valence-electron chi connectivity index (χ0n) is 14.8. The second-order valence-corrected chi connectivity index (χ2v) is 7.70. The fourth-order valence-electron chi connectivity index (χ4n) is 4.61. The molecule has 25 heavy (non-hydrogen) atoms. The van der Waals surface area contributed by atoms with Gasteiger partial charge in [-0.05, 0) is 25.3 Å². The number of aliphatic hydroxyl groups is 1. The third-order valence-corrected chi connectivity index (χ3v) is 6.55. The van der Waals surface area contributed by atoms with E-state index in [1.54, 1.807) is 11.5 Å². The fourth-order valence-corrected chi connectivity index (χ4v) is 4.61. The molecular weight excluding hydrogens is 322 g/mol. The Balaban J connectivity index is 1.88. The summed E-state index contributed by atoms with van der Waals surface area (Å²) in [6.07, 6.45) is 0.163. The lowest BCUT2D eigenvalue weighted by Crippen LogP contribution is -2.55. The molecule has 0 radical (unpaired) electrons. The Hall–Kier alpha value is -1.70. The number of hydrogen-bond donors (Lipinski definition) is 3. The van der Waals surface area contributed by atoms with Crippen LogP contribution in [0.1, 0.15) is 50.1 Å². The SMILES string of the molecule is CCC1(O)C(=O)OCc2c1cc1n(c2=O)CC2C1NC(C)C(C)C2N. The molecule has 4 heterocycles. The number of carbonyl (C=O) groups excluding carboxylic acids is 1. The van der Waals surface area contributed by atoms with E-state index < -0.39 is 11.6 Å². The molecule has 0 aromatic carbocycles. The minimum absolute atomic E-state index is 0.0134. The second kappa shape index (κ2) is 5.40. The highest BCUT2D eigenvalue weighted by Crippen LogP contribution is 2.42. The molecule has 4 N–H and O–H groups in total. The largest absolute Gasteiger partial charge is 0.458 e. The van der Waals surface area contributed by atoms with Crippen LogP contribution in [0.5, 0.6) is 0 Å². The lowest BCUT2D eigenvalue weighted by molar-refractivity contribution is -0.172. The average molecular weight is 347 g/mol. The Morgan fingerprint density at radius 2 is 2.16 bits per heavy atom. The van der Waals surface area contributed by atoms with Gasteiger partial charge in [-0.15, -0.1) is 0 Å². The maximum absolute atomic E-state index is 13.0. The normalized spacial score (nSPS) is 39.4. The highest BCUT2D eigenvalue weighted by Gasteiger charge is 2.49. The standard InChI is InChI=1S/C18H25N3O4/c1-4-18(24)12-5-13-15-10(14(19)8(2)9(3)20-15)6-21(13)16(22)11(12)7-25-17(18)23/h5,8-10,14-15,20,24H,4,6-7,19H2,1-3H3. The predicted octanol–water partition coefficient (Wildman–Crippen LogP) is 0.129. The highest BCUT2D eigenvalue weighted by molar-refractivity contribution is 5.83. The summed E-state index contributed by atoms with van der Waals surface area (Å²) in [4.78, 5) is 25.2. The van der Waals surface area contributed by atoms with Crippen molar-refractivity contribution < 1.29 is 14.6 Å². The Labute approximate surface area is 146 Å². The third-order valence-electron chi connectivity index (χ3n) is 6.55. The van der Waals surface area contributed by atoms with Gasteiger partial charge in [-0.3, -0.25) is 4.79 Å². The minimum atomic E-state index is -1.75. The summed E-state index contributed by atoms with van der Waals surface area (Å²) in [7, 11) is 0. The first-order valence-electron chi connectivity index (χ1n) is 8.98. The molecule has 6 unspecified atom stereocenters. The van der Waals surface area contributed by atoms with Crippen molar-refractivity contribution in [1.82, 2.24) is 9.88 Å². The van der Waals surface area contributed by atoms with Crippen LogP contribution in [0, 0.1) is 11.8 Å². The summed E-state index contributed by atoms with van der Waals surface area (Å²) in [6.45, 7) is 6.40. The minimum Gasteiger partial charge on any atom is -0.458 e. The second-order valence-electron chi connectivity index (χ2n) is 7.70. The van der Waals surface area contributed by atoms with Gasteiger partial charge >= 0.3 is 5.97 Å². The van der Waals surface area contributed by atoms with Crippen LogP contribution in [0.2, 0.25) is 0 Å². The van der Waals surface area contributed by atoms with Gasteiger partial charge < -0.3 is 25.5 Å². The first-order valence-corrected chi connectivity index (χ1v) is 8.98. The van der Waals surface area contributed by atoms with Crippen molar-refractivity contribution >= 4 is 5.97 Å². The maximum atomic E-state index is 13.0. The van der Waals surface area contributed by atoms with Crippen LogP contribution in [0.25, 0.3) is 0 Å². The first kappa shape index (κ1) is 16.8. The average Bonchev–Trinajstić information content (AvgIpc) is 2.96. The number of fused-ring (bicyclic) bond motifs is 4. The number of aromatic nitrogens is 1. The molecule has 6 atom stereocenters. The van der Waals surface area contributed by atoms with Gasteiger partial charge in [0.2, 0.25) is 0 Å². The van der Waals surface area contributed by atoms with Gasteiger partial charge in [0.1, 0.15) is 6.61 Å². The number of piperidine rings is 1. The monoisotopic (exact) mass is 347 g/mol. The topological polar surface area (TPSA) is 107 Å². The summed E-state index contributed by atoms with van der Waals surface area (Å²) < 4.78 is 6.82. The van der Waals surface area contributed by atoms with Crippen LogP contribution >= 0.6 is 0 Å². The quantitative estimate of drug-likeness (QED) is 0.624. The summed E-state index contributed by atoms with van der Waals surface area (Å²) in [6, 6.07) is 1.98. The van der Waals surface area contributed by atoms with E-state index >= 15 is 0 Å². The molecule has 7 heteroatoms. The van der Waals surface area contributed by atoms with E-state index in [-0.39, 0.29) is 42.6 Å². The molecule has 1 saturated heterocycles. The van der Waals surface area contributed by atoms with Gasteiger partial charge in [-0.1, -0.05) is 13.8 Å². The molecule has 0 saturated carbocycles. The van der Waals surface area contributed by atoms with Gasteiger partial charge in [0.15, 0.2) is 5.60 Å². The number of pyridine rings is 1. The van der Waals surface area contributed by atoms with Crippen molar-refractivity contribution in [2.24, 2.45) is 17.6 Å². The summed E-state index contributed by atoms with van der Waals surface area (Å²) in [5, 5.41) is 14.4. The number of hydrogen-bond acceptors (Lipinski definition) is 6. The third kappa shape index (κ3) is 2.09. The number of carbonyl (C=O) groups is 1. The number of ether oxygens (including phenoxy) is 1. The summed E-state index contributed by atoms with van der Waals surface area (Å²) in [5.41, 5.74) is 6.10. The van der Waals surface area contributed by atoms with Gasteiger partial charge in [0.05, 0.1) is 11.6 Å². The Bertz CT molecular complexity index is 804. The van der Waals surface area contributed by atoms with Crippen LogP contribution in [0.4, 0.5) is 0 Å². The number of nitrogens with one attached hydrogen (secondary N) is 1. The van der Waals surface area contributed by atoms with Crippen LogP contribution < -0.4 is 16.6 Å². The molecule has 1 aromatic rings. The number of nitrogens with two attached hydrogens (primary N) is 1. The van der Waals surface area contributed by atoms with E-state index in [1.807, 2.05) is 6.07 Å². The van der Waals surface area contributed by atoms with Gasteiger partial charge in [-0.25, -0.2) is 4.79 Å². The van der Waals surface area contributed by atoms with Crippen molar-refractivity contribution in [3.05, 3.63) is 33.2 Å². The molecule has 0 amide bonds. The van der Waals surface area contributed by atoms with Crippen LogP contribution in [-0.2, 0) is 28.3 Å². The van der Waals surface area contributed by atoms with Crippen molar-refractivity contribution in [1.29, 1.82) is 0 Å². The van der Waals surface area contributed by atoms with E-state index in [2.05, 4.69) is 19.2 Å². The van der Waals surface area contributed by atoms with Crippen LogP contribution in [0.15, 0.2) is 10.9 Å². The van der Waals surface area contributed by atoms with E-state index in [4.69, 9.17) is 10.5 Å². The van der Waals surface area contributed by atoms with Gasteiger partial charge in [0, 0.05) is 35.8 Å². The lowest BCUT2D eigenvalue weighted by Gasteiger charge is -2.41. The van der Waals surface area contributed by atoms with Crippen molar-refractivity contribution in [2.45, 2.75) is 64.1 Å². The molecule has 3 aliphatic heterocycles. The molecule has 1 aromatic heterocycles. The molecule has 1 fully saturated rings. The van der Waals surface area contributed by atoms with Crippen molar-refractivity contribution in [3.8, 4) is 0 Å². The molecule has 4 rings (SSSR count). The van der Waals surface area contributed by atoms with E-state index in [1.165, 1.54) is 0 Å². The molecule has 7 nitrogen and oxygen atoms in total. The smallest absolute Gasteiger partial charge is 0.343 e. The molecule has 0 aliphatic carbocycles. The maximum Gasteiger partial charge on any atom is 0.343 e. The Morgan fingerprint density at radius 3 is 2.84 bits per heavy atom. The van der Waals surface area contributed by atoms with Crippen LogP contribution in [0.3, 0.4) is 0 Å². The molecule has 0 spiro atoms.